The van der Waals surface area contributed by atoms with Gasteiger partial charge in [-0.05, 0) is 135 Å². The van der Waals surface area contributed by atoms with Gasteiger partial charge in [0.25, 0.3) is 0 Å². The molecule has 13 unspecified atom stereocenters. The number of aliphatic hydroxyl groups excluding tert-OH is 1. The van der Waals surface area contributed by atoms with Gasteiger partial charge in [-0.15, -0.1) is 0 Å². The number of hydrogen-bond acceptors (Lipinski definition) is 8. The van der Waals surface area contributed by atoms with Crippen LogP contribution in [-0.2, 0) is 26.3 Å². The Morgan fingerprint density at radius 2 is 1.86 bits per heavy atom. The molecule has 3 spiro atoms. The summed E-state index contributed by atoms with van der Waals surface area (Å²) in [5, 5.41) is 13.2. The zero-order valence-electron chi connectivity index (χ0n) is 35.0. The molecule has 15 aliphatic rings. The molecule has 16 rings (SSSR count). The van der Waals surface area contributed by atoms with E-state index in [9.17, 15) is 9.90 Å². The lowest BCUT2D eigenvalue weighted by Gasteiger charge is -2.72. The van der Waals surface area contributed by atoms with Crippen LogP contribution in [-0.4, -0.2) is 65.1 Å². The van der Waals surface area contributed by atoms with Crippen LogP contribution >= 0.6 is 0 Å². The molecule has 3 saturated heterocycles. The summed E-state index contributed by atoms with van der Waals surface area (Å²) in [5.74, 6) is 2.83. The third-order valence-electron chi connectivity index (χ3n) is 19.0. The van der Waals surface area contributed by atoms with Crippen molar-refractivity contribution in [1.82, 2.24) is 9.80 Å². The Bertz CT molecular complexity index is 2260. The van der Waals surface area contributed by atoms with Crippen LogP contribution in [0.25, 0.3) is 0 Å². The van der Waals surface area contributed by atoms with Gasteiger partial charge in [0.05, 0.1) is 17.0 Å². The monoisotopic (exact) mass is 795 g/mol. The van der Waals surface area contributed by atoms with Crippen LogP contribution in [0, 0.1) is 58.2 Å². The van der Waals surface area contributed by atoms with Gasteiger partial charge in [0, 0.05) is 55.2 Å². The van der Waals surface area contributed by atoms with E-state index in [1.807, 2.05) is 0 Å². The topological polar surface area (TPSA) is 105 Å². The quantitative estimate of drug-likeness (QED) is 0.293. The van der Waals surface area contributed by atoms with E-state index in [-0.39, 0.29) is 35.6 Å². The standard InChI is InChI=1S/C51H61N3O5/c1-27-12-13-32-22-36-28(2)20-33-14-15-38-34-21-29-24-53(26-34)39(30-7-3-4-8-30)23-40(55)46-49-17-16-35(43(36)45(33)54(38)25-29)44(32)50(49,48(57)58-46)41(19-27)51(49)37-11-5-9-31(10-6-18-52)42(37)47(56)59-51/h5,9,11,14-15,22,27-30,34,36,38-39,41,43,55H,3-4,6-8,10,12-13,16-21,23-26,52H2,1-2H3. The predicted molar refractivity (Wildman–Crippen MR) is 223 cm³/mol. The van der Waals surface area contributed by atoms with E-state index in [0.29, 0.717) is 78.7 Å². The van der Waals surface area contributed by atoms with Crippen molar-refractivity contribution in [3.63, 3.8) is 0 Å². The summed E-state index contributed by atoms with van der Waals surface area (Å²) in [6.07, 6.45) is 21.0. The Balaban J connectivity index is 1.12. The smallest absolute Gasteiger partial charge is 0.339 e. The van der Waals surface area contributed by atoms with E-state index in [0.717, 1.165) is 69.3 Å². The van der Waals surface area contributed by atoms with Crippen molar-refractivity contribution < 1.29 is 24.2 Å². The SMILES string of the molecule is CC1CCC2=CC3C(C)CC4=C5C3C3=C2C26C(=O)OC(=C(O)CC(C7CCCC7)N7CC8CC(C7)C(C=C4)N5C8)C2(CC3)C2(OC(=O)c3c(CCCN)cccc32)C6C1. The molecule has 8 nitrogen and oxygen atoms in total. The van der Waals surface area contributed by atoms with Gasteiger partial charge in [0.15, 0.2) is 11.4 Å². The Labute approximate surface area is 349 Å². The number of nitrogens with two attached hydrogens (primary N) is 1. The normalized spacial score (nSPS) is 44.7. The predicted octanol–water partition coefficient (Wildman–Crippen LogP) is 8.40. The third kappa shape index (κ3) is 4.20. The van der Waals surface area contributed by atoms with Gasteiger partial charge in [0.1, 0.15) is 11.2 Å². The Kier molecular flexibility index (Phi) is 7.50. The number of carbonyl (C=O) groups is 2. The van der Waals surface area contributed by atoms with Crippen molar-refractivity contribution in [2.75, 3.05) is 26.2 Å². The average Bonchev–Trinajstić information content (AvgIpc) is 3.94. The number of ether oxygens (including phenoxy) is 2. The maximum atomic E-state index is 15.9. The van der Waals surface area contributed by atoms with E-state index in [1.54, 1.807) is 5.70 Å². The van der Waals surface area contributed by atoms with Crippen molar-refractivity contribution in [2.45, 2.75) is 121 Å². The number of hydrogen-bond donors (Lipinski definition) is 2. The maximum absolute atomic E-state index is 15.9. The van der Waals surface area contributed by atoms with Crippen LogP contribution in [0.2, 0.25) is 0 Å². The van der Waals surface area contributed by atoms with Crippen molar-refractivity contribution in [3.8, 4) is 0 Å². The fourth-order valence-corrected chi connectivity index (χ4v) is 17.1. The highest BCUT2D eigenvalue weighted by atomic mass is 16.6. The molecule has 3 saturated carbocycles. The molecule has 12 bridgehead atoms. The van der Waals surface area contributed by atoms with Gasteiger partial charge in [-0.2, -0.15) is 0 Å². The molecule has 59 heavy (non-hydrogen) atoms. The summed E-state index contributed by atoms with van der Waals surface area (Å²) in [7, 11) is 0. The number of nitrogens with zero attached hydrogens (tertiary/aromatic N) is 2. The van der Waals surface area contributed by atoms with E-state index in [4.69, 9.17) is 15.2 Å². The second-order valence-electron chi connectivity index (χ2n) is 21.5. The molecule has 310 valence electrons. The first kappa shape index (κ1) is 36.1. The number of carbonyl (C=O) groups excluding carboxylic acids is 2. The first-order valence-corrected chi connectivity index (χ1v) is 23.8. The molecule has 0 radical (unpaired) electrons. The first-order valence-electron chi connectivity index (χ1n) is 23.8. The van der Waals surface area contributed by atoms with Gasteiger partial charge in [0.2, 0.25) is 0 Å². The molecule has 9 aliphatic heterocycles. The van der Waals surface area contributed by atoms with Crippen LogP contribution < -0.4 is 5.73 Å². The highest BCUT2D eigenvalue weighted by molar-refractivity contribution is 6.01. The van der Waals surface area contributed by atoms with Crippen LogP contribution in [0.5, 0.6) is 0 Å². The molecule has 6 fully saturated rings. The molecule has 3 N–H and O–H groups in total. The molecule has 8 heteroatoms. The lowest BCUT2D eigenvalue weighted by atomic mass is 9.28. The number of aliphatic hydroxyl groups is 1. The lowest BCUT2D eigenvalue weighted by molar-refractivity contribution is -0.279. The summed E-state index contributed by atoms with van der Waals surface area (Å²) in [5.41, 5.74) is 12.5. The van der Waals surface area contributed by atoms with Gasteiger partial charge in [-0.1, -0.05) is 68.7 Å². The van der Waals surface area contributed by atoms with Crippen LogP contribution in [0.15, 0.2) is 75.9 Å². The van der Waals surface area contributed by atoms with E-state index < -0.39 is 16.4 Å². The average molecular weight is 796 g/mol. The number of esters is 2. The zero-order valence-corrected chi connectivity index (χ0v) is 35.0. The molecule has 13 atom stereocenters. The number of allylic oxidation sites excluding steroid dienone is 5. The Morgan fingerprint density at radius 3 is 2.71 bits per heavy atom. The van der Waals surface area contributed by atoms with Crippen molar-refractivity contribution in [2.24, 2.45) is 63.9 Å². The summed E-state index contributed by atoms with van der Waals surface area (Å²) in [4.78, 5) is 36.3. The van der Waals surface area contributed by atoms with E-state index >= 15 is 4.79 Å². The third-order valence-corrected chi connectivity index (χ3v) is 19.0. The number of fused-ring (bicyclic) bond motifs is 3. The summed E-state index contributed by atoms with van der Waals surface area (Å²) < 4.78 is 14.1. The fourth-order valence-electron chi connectivity index (χ4n) is 17.1. The highest BCUT2D eigenvalue weighted by Gasteiger charge is 2.93. The maximum Gasteiger partial charge on any atom is 0.339 e. The summed E-state index contributed by atoms with van der Waals surface area (Å²) in [6.45, 7) is 8.51. The number of piperidine rings is 2. The minimum Gasteiger partial charge on any atom is -0.509 e. The number of benzene rings is 1. The number of rotatable bonds is 4. The van der Waals surface area contributed by atoms with Crippen molar-refractivity contribution in [3.05, 3.63) is 92.6 Å². The van der Waals surface area contributed by atoms with Gasteiger partial charge in [-0.3, -0.25) is 9.69 Å². The molecule has 0 aromatic heterocycles. The van der Waals surface area contributed by atoms with Crippen molar-refractivity contribution in [1.29, 1.82) is 0 Å². The second kappa shape index (κ2) is 12.3. The second-order valence-corrected chi connectivity index (χ2v) is 21.5. The Hall–Kier alpha value is -3.62. The largest absolute Gasteiger partial charge is 0.509 e. The minimum atomic E-state index is -1.12. The number of aryl methyl sites for hydroxylation is 1. The van der Waals surface area contributed by atoms with Crippen LogP contribution in [0.1, 0.15) is 119 Å². The fraction of sp³-hybridized carbons (Fsp3) is 0.647. The van der Waals surface area contributed by atoms with Gasteiger partial charge in [-0.25, -0.2) is 4.79 Å². The molecule has 0 amide bonds. The summed E-state index contributed by atoms with van der Waals surface area (Å²) >= 11 is 0. The molecular formula is C51H61N3O5. The lowest BCUT2D eigenvalue weighted by Crippen LogP contribution is -2.77. The minimum absolute atomic E-state index is 0.166. The molecule has 6 aliphatic carbocycles. The van der Waals surface area contributed by atoms with E-state index in [2.05, 4.69) is 60.1 Å². The highest BCUT2D eigenvalue weighted by Crippen LogP contribution is 2.88. The summed E-state index contributed by atoms with van der Waals surface area (Å²) in [6, 6.07) is 6.82. The molecule has 1 aromatic rings. The van der Waals surface area contributed by atoms with Gasteiger partial charge < -0.3 is 25.2 Å². The Morgan fingerprint density at radius 1 is 1.00 bits per heavy atom. The van der Waals surface area contributed by atoms with Gasteiger partial charge >= 0.3 is 11.9 Å². The zero-order chi connectivity index (χ0) is 39.7. The molecule has 1 aromatic carbocycles. The van der Waals surface area contributed by atoms with Crippen molar-refractivity contribution >= 4 is 11.9 Å². The molecular weight excluding hydrogens is 735 g/mol. The van der Waals surface area contributed by atoms with Crippen LogP contribution in [0.4, 0.5) is 0 Å². The van der Waals surface area contributed by atoms with Crippen LogP contribution in [0.3, 0.4) is 0 Å². The molecule has 9 heterocycles. The first-order chi connectivity index (χ1) is 28.7. The van der Waals surface area contributed by atoms with E-state index in [1.165, 1.54) is 54.4 Å².